The number of para-hydroxylation sites is 1. The van der Waals surface area contributed by atoms with Gasteiger partial charge < -0.3 is 10.1 Å². The summed E-state index contributed by atoms with van der Waals surface area (Å²) in [6, 6.07) is 29.6. The van der Waals surface area contributed by atoms with Crippen molar-refractivity contribution in [3.63, 3.8) is 0 Å². The minimum Gasteiger partial charge on any atom is -0.496 e. The summed E-state index contributed by atoms with van der Waals surface area (Å²) in [7, 11) is 1.58. The molecule has 1 N–H and O–H groups in total. The predicted molar refractivity (Wildman–Crippen MR) is 123 cm³/mol. The highest BCUT2D eigenvalue weighted by Gasteiger charge is 2.18. The molecule has 1 amide bonds. The number of methoxy groups -OCH3 is 1. The normalized spacial score (nSPS) is 10.7. The first-order valence-corrected chi connectivity index (χ1v) is 10.3. The lowest BCUT2D eigenvalue weighted by Crippen LogP contribution is -2.36. The van der Waals surface area contributed by atoms with Crippen molar-refractivity contribution in [3.8, 4) is 17.0 Å². The number of carbonyl (C=O) groups is 1. The molecule has 0 aliphatic heterocycles. The summed E-state index contributed by atoms with van der Waals surface area (Å²) in [5, 5.41) is 7.45. The van der Waals surface area contributed by atoms with Gasteiger partial charge in [-0.3, -0.25) is 9.59 Å². The van der Waals surface area contributed by atoms with Gasteiger partial charge in [-0.15, -0.1) is 0 Å². The average Bonchev–Trinajstić information content (AvgIpc) is 2.85. The molecule has 0 radical (unpaired) electrons. The standard InChI is InChI=1S/C26H23N3O3/c1-32-23-15-9-8-14-21(23)22-16-17-25(31)29(28-22)18-24(30)27-26(19-10-4-2-5-11-19)20-12-6-3-7-13-20/h2-17,26H,18H2,1H3,(H,27,30). The summed E-state index contributed by atoms with van der Waals surface area (Å²) in [5.74, 6) is 0.331. The Kier molecular flexibility index (Phi) is 6.41. The van der Waals surface area contributed by atoms with Gasteiger partial charge >= 0.3 is 0 Å². The molecule has 3 aromatic carbocycles. The summed E-state index contributed by atoms with van der Waals surface area (Å²) < 4.78 is 6.57. The molecule has 0 atom stereocenters. The molecule has 1 aromatic heterocycles. The Morgan fingerprint density at radius 2 is 1.47 bits per heavy atom. The SMILES string of the molecule is COc1ccccc1-c1ccc(=O)n(CC(=O)NC(c2ccccc2)c2ccccc2)n1. The van der Waals surface area contributed by atoms with Gasteiger partial charge in [0, 0.05) is 11.6 Å². The molecule has 6 heteroatoms. The van der Waals surface area contributed by atoms with Crippen LogP contribution in [0.2, 0.25) is 0 Å². The molecule has 32 heavy (non-hydrogen) atoms. The van der Waals surface area contributed by atoms with Crippen molar-refractivity contribution in [1.29, 1.82) is 0 Å². The largest absolute Gasteiger partial charge is 0.496 e. The third-order valence-corrected chi connectivity index (χ3v) is 5.11. The first-order valence-electron chi connectivity index (χ1n) is 10.3. The van der Waals surface area contributed by atoms with Crippen LogP contribution in [-0.2, 0) is 11.3 Å². The van der Waals surface area contributed by atoms with Crippen molar-refractivity contribution in [1.82, 2.24) is 15.1 Å². The minimum absolute atomic E-state index is 0.196. The van der Waals surface area contributed by atoms with Crippen molar-refractivity contribution in [2.75, 3.05) is 7.11 Å². The molecule has 0 aliphatic carbocycles. The molecule has 0 spiro atoms. The Balaban J connectivity index is 1.60. The lowest BCUT2D eigenvalue weighted by Gasteiger charge is -2.20. The van der Waals surface area contributed by atoms with Crippen molar-refractivity contribution in [2.45, 2.75) is 12.6 Å². The van der Waals surface area contributed by atoms with E-state index in [1.807, 2.05) is 84.9 Å². The third-order valence-electron chi connectivity index (χ3n) is 5.11. The first-order chi connectivity index (χ1) is 15.7. The van der Waals surface area contributed by atoms with E-state index in [1.54, 1.807) is 13.2 Å². The van der Waals surface area contributed by atoms with Gasteiger partial charge in [0.2, 0.25) is 5.91 Å². The number of aromatic nitrogens is 2. The van der Waals surface area contributed by atoms with Crippen molar-refractivity contribution < 1.29 is 9.53 Å². The molecule has 0 bridgehead atoms. The number of amides is 1. The van der Waals surface area contributed by atoms with Gasteiger partial charge in [-0.25, -0.2) is 4.68 Å². The summed E-state index contributed by atoms with van der Waals surface area (Å²) in [6.45, 7) is -0.196. The first kappa shape index (κ1) is 21.1. The molecule has 0 aliphatic rings. The van der Waals surface area contributed by atoms with E-state index in [0.717, 1.165) is 16.7 Å². The van der Waals surface area contributed by atoms with Crippen LogP contribution in [-0.4, -0.2) is 22.8 Å². The zero-order valence-electron chi connectivity index (χ0n) is 17.6. The monoisotopic (exact) mass is 425 g/mol. The number of ether oxygens (including phenoxy) is 1. The van der Waals surface area contributed by atoms with Gasteiger partial charge in [0.25, 0.3) is 5.56 Å². The topological polar surface area (TPSA) is 73.2 Å². The van der Waals surface area contributed by atoms with Crippen LogP contribution in [0.15, 0.2) is 102 Å². The van der Waals surface area contributed by atoms with Crippen LogP contribution in [0, 0.1) is 0 Å². The number of hydrogen-bond acceptors (Lipinski definition) is 4. The Morgan fingerprint density at radius 3 is 2.09 bits per heavy atom. The molecule has 160 valence electrons. The second-order valence-electron chi connectivity index (χ2n) is 7.24. The van der Waals surface area contributed by atoms with E-state index in [0.29, 0.717) is 11.4 Å². The number of nitrogens with zero attached hydrogens (tertiary/aromatic N) is 2. The van der Waals surface area contributed by atoms with Crippen molar-refractivity contribution in [3.05, 3.63) is 119 Å². The van der Waals surface area contributed by atoms with E-state index in [2.05, 4.69) is 10.4 Å². The summed E-state index contributed by atoms with van der Waals surface area (Å²) in [4.78, 5) is 25.4. The molecule has 4 aromatic rings. The molecule has 0 unspecified atom stereocenters. The van der Waals surface area contributed by atoms with Crippen molar-refractivity contribution in [2.24, 2.45) is 0 Å². The second-order valence-corrected chi connectivity index (χ2v) is 7.24. The number of nitrogens with one attached hydrogen (secondary N) is 1. The Bertz CT molecular complexity index is 1210. The van der Waals surface area contributed by atoms with Gasteiger partial charge in [0.15, 0.2) is 0 Å². The molecule has 0 saturated heterocycles. The number of hydrogen-bond donors (Lipinski definition) is 1. The highest BCUT2D eigenvalue weighted by molar-refractivity contribution is 5.77. The summed E-state index contributed by atoms with van der Waals surface area (Å²) >= 11 is 0. The van der Waals surface area contributed by atoms with Crippen LogP contribution in [0.1, 0.15) is 17.2 Å². The van der Waals surface area contributed by atoms with Gasteiger partial charge in [-0.1, -0.05) is 72.8 Å². The predicted octanol–water partition coefficient (Wildman–Crippen LogP) is 3.82. The zero-order chi connectivity index (χ0) is 22.3. The fraction of sp³-hybridized carbons (Fsp3) is 0.115. The van der Waals surface area contributed by atoms with Crippen LogP contribution < -0.4 is 15.6 Å². The maximum Gasteiger partial charge on any atom is 0.267 e. The maximum atomic E-state index is 13.0. The van der Waals surface area contributed by atoms with E-state index in [1.165, 1.54) is 10.7 Å². The fourth-order valence-corrected chi connectivity index (χ4v) is 3.55. The molecule has 1 heterocycles. The molecule has 4 rings (SSSR count). The molecule has 0 saturated carbocycles. The van der Waals surface area contributed by atoms with Gasteiger partial charge in [0.05, 0.1) is 18.8 Å². The Labute approximate surface area is 186 Å². The second kappa shape index (κ2) is 9.75. The summed E-state index contributed by atoms with van der Waals surface area (Å²) in [5.41, 5.74) is 2.85. The quantitative estimate of drug-likeness (QED) is 0.489. The number of carbonyl (C=O) groups excluding carboxylic acids is 1. The van der Waals surface area contributed by atoms with Gasteiger partial charge in [-0.05, 0) is 29.3 Å². The number of rotatable bonds is 7. The number of benzene rings is 3. The molecular weight excluding hydrogens is 402 g/mol. The van der Waals surface area contributed by atoms with Crippen LogP contribution in [0.4, 0.5) is 0 Å². The smallest absolute Gasteiger partial charge is 0.267 e. The van der Waals surface area contributed by atoms with E-state index in [-0.39, 0.29) is 24.1 Å². The highest BCUT2D eigenvalue weighted by atomic mass is 16.5. The van der Waals surface area contributed by atoms with E-state index < -0.39 is 0 Å². The Morgan fingerprint density at radius 1 is 0.875 bits per heavy atom. The average molecular weight is 425 g/mol. The van der Waals surface area contributed by atoms with Crippen LogP contribution in [0.3, 0.4) is 0 Å². The van der Waals surface area contributed by atoms with Crippen LogP contribution >= 0.6 is 0 Å². The highest BCUT2D eigenvalue weighted by Crippen LogP contribution is 2.27. The lowest BCUT2D eigenvalue weighted by atomic mass is 9.99. The van der Waals surface area contributed by atoms with E-state index in [4.69, 9.17) is 4.74 Å². The fourth-order valence-electron chi connectivity index (χ4n) is 3.55. The minimum atomic E-state index is -0.352. The molecule has 6 nitrogen and oxygen atoms in total. The zero-order valence-corrected chi connectivity index (χ0v) is 17.6. The Hall–Kier alpha value is -4.19. The van der Waals surface area contributed by atoms with E-state index in [9.17, 15) is 9.59 Å². The van der Waals surface area contributed by atoms with Gasteiger partial charge in [0.1, 0.15) is 12.3 Å². The van der Waals surface area contributed by atoms with E-state index >= 15 is 0 Å². The van der Waals surface area contributed by atoms with Crippen LogP contribution in [0.5, 0.6) is 5.75 Å². The molecule has 0 fully saturated rings. The maximum absolute atomic E-state index is 13.0. The lowest BCUT2D eigenvalue weighted by molar-refractivity contribution is -0.122. The van der Waals surface area contributed by atoms with Crippen molar-refractivity contribution >= 4 is 5.91 Å². The summed E-state index contributed by atoms with van der Waals surface area (Å²) in [6.07, 6.45) is 0. The molecular formula is C26H23N3O3. The third kappa shape index (κ3) is 4.75. The van der Waals surface area contributed by atoms with Crippen LogP contribution in [0.25, 0.3) is 11.3 Å². The van der Waals surface area contributed by atoms with Gasteiger partial charge in [-0.2, -0.15) is 5.10 Å².